The Morgan fingerprint density at radius 2 is 0.595 bits per heavy atom. The number of nitrogens with zero attached hydrogens (tertiary/aromatic N) is 1. The van der Waals surface area contributed by atoms with Crippen LogP contribution in [0.5, 0.6) is 0 Å². The standard InChI is InChI=1S/C68H119N5O38/c1-2-69-41(80)16-10-5-3-8-14-33(78)24-73(25-34(79)15-9-4-6-11-17-42(81)71-20-22-100-65-59(98)61(110-67-57(96)53(92)47(86)37(29-76)106-67)49(88)39(108-65)31-102-63-55(94)51(90)45(84)35(27-74)104-63)26-44(83)70-19-13-7-12-18-43(82)72-21-23-101-66-60(99)62(111-68-58(97)54(93)48(87)38(30-77)107-68)50(89)40(109-66)32-103-64-56(95)52(91)46(85)36(28-75)105-64/h35-40,45-68,74-77,84-99H,2-32H2,1H3,(H,69,80)(H,70,83)(H,71,81)(H,72,82)/t35-,36-,37-,38-,39-,40-,45-,46-,47-,48-,49-,50-,51+,52+,53+,54+,55+,56+,57+,58+,59+,60+,61+,62+,63+,64+,65+,66+,67-,68-/m1/s1. The fraction of sp³-hybridized carbons (Fsp3) is 0.912. The number of aliphatic hydroxyl groups excluding tert-OH is 20. The summed E-state index contributed by atoms with van der Waals surface area (Å²) in [5.74, 6) is -1.72. The number of carbonyl (C=O) groups is 6. The van der Waals surface area contributed by atoms with Gasteiger partial charge in [-0.3, -0.25) is 33.7 Å². The topological polar surface area (TPSA) is 669 Å². The lowest BCUT2D eigenvalue weighted by Crippen LogP contribution is -2.65. The van der Waals surface area contributed by atoms with Crippen molar-refractivity contribution in [2.24, 2.45) is 0 Å². The van der Waals surface area contributed by atoms with Crippen molar-refractivity contribution < 1.29 is 188 Å². The normalized spacial score (nSPS) is 36.7. The lowest BCUT2D eigenvalue weighted by Gasteiger charge is -2.46. The average Bonchev–Trinajstić information content (AvgIpc) is 0.791. The van der Waals surface area contributed by atoms with Crippen molar-refractivity contribution in [3.63, 3.8) is 0 Å². The molecule has 0 aliphatic carbocycles. The van der Waals surface area contributed by atoms with Crippen LogP contribution in [-0.4, -0.2) is 425 Å². The van der Waals surface area contributed by atoms with Gasteiger partial charge in [0.05, 0.1) is 72.5 Å². The van der Waals surface area contributed by atoms with Crippen molar-refractivity contribution in [2.75, 3.05) is 98.7 Å². The molecule has 0 aromatic carbocycles. The van der Waals surface area contributed by atoms with E-state index < -0.39 is 236 Å². The molecular weight excluding hydrogens is 1490 g/mol. The third-order valence-electron chi connectivity index (χ3n) is 19.7. The van der Waals surface area contributed by atoms with Gasteiger partial charge in [-0.2, -0.15) is 0 Å². The first kappa shape index (κ1) is 95.7. The predicted molar refractivity (Wildman–Crippen MR) is 368 cm³/mol. The van der Waals surface area contributed by atoms with Crippen LogP contribution < -0.4 is 21.3 Å². The molecule has 24 N–H and O–H groups in total. The molecule has 0 bridgehead atoms. The van der Waals surface area contributed by atoms with Gasteiger partial charge in [0.25, 0.3) is 0 Å². The van der Waals surface area contributed by atoms with Gasteiger partial charge in [0.15, 0.2) is 37.7 Å². The Morgan fingerprint density at radius 3 is 0.946 bits per heavy atom. The molecule has 0 unspecified atom stereocenters. The highest BCUT2D eigenvalue weighted by Crippen LogP contribution is 2.34. The highest BCUT2D eigenvalue weighted by atomic mass is 16.8. The second-order valence-electron chi connectivity index (χ2n) is 28.3. The minimum atomic E-state index is -1.96. The van der Waals surface area contributed by atoms with E-state index in [9.17, 15) is 131 Å². The summed E-state index contributed by atoms with van der Waals surface area (Å²) in [7, 11) is 0. The highest BCUT2D eigenvalue weighted by molar-refractivity contribution is 5.85. The number of amides is 4. The summed E-state index contributed by atoms with van der Waals surface area (Å²) in [4.78, 5) is 79.0. The van der Waals surface area contributed by atoms with Crippen molar-refractivity contribution in [3.8, 4) is 0 Å². The molecule has 111 heavy (non-hydrogen) atoms. The molecule has 43 nitrogen and oxygen atoms in total. The number of ketones is 2. The van der Waals surface area contributed by atoms with Gasteiger partial charge in [-0.15, -0.1) is 0 Å². The van der Waals surface area contributed by atoms with E-state index >= 15 is 0 Å². The Labute approximate surface area is 639 Å². The Hall–Kier alpha value is -4.10. The summed E-state index contributed by atoms with van der Waals surface area (Å²) in [6.07, 6.45) is -45.6. The fourth-order valence-electron chi connectivity index (χ4n) is 13.2. The zero-order valence-corrected chi connectivity index (χ0v) is 62.0. The number of nitrogens with one attached hydrogen (secondary N) is 4. The molecule has 6 aliphatic heterocycles. The first-order valence-electron chi connectivity index (χ1n) is 37.8. The van der Waals surface area contributed by atoms with E-state index in [2.05, 4.69) is 21.3 Å². The zero-order chi connectivity index (χ0) is 81.6. The van der Waals surface area contributed by atoms with E-state index in [1.807, 2.05) is 6.92 Å². The van der Waals surface area contributed by atoms with Crippen LogP contribution in [0, 0.1) is 0 Å². The Bertz CT molecular complexity index is 2570. The van der Waals surface area contributed by atoms with Crippen molar-refractivity contribution in [3.05, 3.63) is 0 Å². The van der Waals surface area contributed by atoms with Crippen LogP contribution in [-0.2, 0) is 85.6 Å². The molecule has 6 aliphatic rings. The molecule has 0 saturated carbocycles. The first-order chi connectivity index (χ1) is 53.0. The molecule has 0 aromatic heterocycles. The Kier molecular flexibility index (Phi) is 42.4. The second-order valence-corrected chi connectivity index (χ2v) is 28.3. The minimum Gasteiger partial charge on any atom is -0.394 e. The molecular formula is C68H119N5O38. The monoisotopic (exact) mass is 1610 g/mol. The van der Waals surface area contributed by atoms with E-state index in [-0.39, 0.29) is 102 Å². The summed E-state index contributed by atoms with van der Waals surface area (Å²) in [6, 6.07) is 0. The van der Waals surface area contributed by atoms with Crippen LogP contribution in [0.3, 0.4) is 0 Å². The third-order valence-corrected chi connectivity index (χ3v) is 19.7. The maximum atomic E-state index is 13.4. The summed E-state index contributed by atoms with van der Waals surface area (Å²) >= 11 is 0. The van der Waals surface area contributed by atoms with E-state index in [4.69, 9.17) is 56.8 Å². The number of Topliss-reactive ketones (excluding diaryl/α,β-unsaturated/α-hetero) is 2. The molecule has 4 amide bonds. The Balaban J connectivity index is 0.905. The molecule has 43 heteroatoms. The molecule has 6 fully saturated rings. The number of hydrogen-bond donors (Lipinski definition) is 24. The summed E-state index contributed by atoms with van der Waals surface area (Å²) in [5.41, 5.74) is 0. The number of rotatable bonds is 49. The van der Waals surface area contributed by atoms with Gasteiger partial charge >= 0.3 is 0 Å². The van der Waals surface area contributed by atoms with Gasteiger partial charge in [-0.05, 0) is 45.4 Å². The van der Waals surface area contributed by atoms with Crippen molar-refractivity contribution >= 4 is 35.2 Å². The maximum absolute atomic E-state index is 13.4. The summed E-state index contributed by atoms with van der Waals surface area (Å²) < 4.78 is 67.1. The van der Waals surface area contributed by atoms with Crippen molar-refractivity contribution in [1.29, 1.82) is 0 Å². The summed E-state index contributed by atoms with van der Waals surface area (Å²) in [6.45, 7) is -3.63. The van der Waals surface area contributed by atoms with Gasteiger partial charge < -0.3 is 180 Å². The largest absolute Gasteiger partial charge is 0.394 e. The van der Waals surface area contributed by atoms with E-state index in [0.717, 1.165) is 6.42 Å². The van der Waals surface area contributed by atoms with Gasteiger partial charge in [-0.25, -0.2) is 0 Å². The van der Waals surface area contributed by atoms with Gasteiger partial charge in [0.1, 0.15) is 158 Å². The highest BCUT2D eigenvalue weighted by Gasteiger charge is 2.55. The number of aliphatic hydroxyl groups is 20. The average molecular weight is 1610 g/mol. The number of ether oxygens (including phenoxy) is 12. The predicted octanol–water partition coefficient (Wildman–Crippen LogP) is -11.9. The zero-order valence-electron chi connectivity index (χ0n) is 62.0. The molecule has 6 heterocycles. The van der Waals surface area contributed by atoms with Crippen LogP contribution in [0.25, 0.3) is 0 Å². The maximum Gasteiger partial charge on any atom is 0.234 e. The molecule has 0 aromatic rings. The number of unbranched alkanes of at least 4 members (excludes halogenated alkanes) is 8. The molecule has 644 valence electrons. The van der Waals surface area contributed by atoms with Crippen LogP contribution in [0.2, 0.25) is 0 Å². The van der Waals surface area contributed by atoms with E-state index in [1.54, 1.807) is 0 Å². The lowest BCUT2D eigenvalue weighted by molar-refractivity contribution is -0.366. The Morgan fingerprint density at radius 1 is 0.297 bits per heavy atom. The van der Waals surface area contributed by atoms with Gasteiger partial charge in [0, 0.05) is 58.3 Å². The van der Waals surface area contributed by atoms with Crippen LogP contribution in [0.1, 0.15) is 110 Å². The van der Waals surface area contributed by atoms with E-state index in [1.165, 1.54) is 4.90 Å². The number of carbonyl (C=O) groups excluding carboxylic acids is 6. The summed E-state index contributed by atoms with van der Waals surface area (Å²) in [5, 5.41) is 219. The van der Waals surface area contributed by atoms with Crippen LogP contribution in [0.4, 0.5) is 0 Å². The fourth-order valence-corrected chi connectivity index (χ4v) is 13.2. The van der Waals surface area contributed by atoms with Crippen molar-refractivity contribution in [2.45, 2.75) is 294 Å². The number of hydrogen-bond acceptors (Lipinski definition) is 39. The van der Waals surface area contributed by atoms with Crippen LogP contribution >= 0.6 is 0 Å². The van der Waals surface area contributed by atoms with Gasteiger partial charge in [0.2, 0.25) is 23.6 Å². The molecule has 0 spiro atoms. The lowest BCUT2D eigenvalue weighted by atomic mass is 9.96. The van der Waals surface area contributed by atoms with Crippen LogP contribution in [0.15, 0.2) is 0 Å². The third kappa shape index (κ3) is 29.2. The SMILES string of the molecule is CCNC(=O)CCCCCCC(=O)CN(CC(=O)CCCCCCC(=O)NCCO[C@H]1O[C@H](CO[C@H]2O[C@H](CO)[C@@H](O)[C@H](O)[C@@H]2O)[C@@H](O)[C@H](O[C@H]2O[C@H](CO)[C@@H](O)[C@H](O)[C@@H]2O)[C@@H]1O)CC(=O)NCCCCCC(=O)NCCO[C@H]1O[C@H](CO[C@H]2O[C@H](CO)[C@@H](O)[C@H](O)[C@@H]2O)[C@@H](O)[C@H](O[C@H]2O[C@H](CO)[C@@H](O)[C@H](O)[C@@H]2O)[C@@H]1O. The molecule has 0 radical (unpaired) electrons. The molecule has 6 saturated heterocycles. The second kappa shape index (κ2) is 49.2. The molecule has 6 rings (SSSR count). The first-order valence-corrected chi connectivity index (χ1v) is 37.8. The smallest absolute Gasteiger partial charge is 0.234 e. The van der Waals surface area contributed by atoms with Crippen molar-refractivity contribution in [1.82, 2.24) is 26.2 Å². The van der Waals surface area contributed by atoms with E-state index in [0.29, 0.717) is 77.2 Å². The molecule has 30 atom stereocenters. The minimum absolute atomic E-state index is 0.0413. The quantitative estimate of drug-likeness (QED) is 0.0252. The van der Waals surface area contributed by atoms with Gasteiger partial charge in [-0.1, -0.05) is 32.1 Å².